The molecule has 0 amide bonds. The van der Waals surface area contributed by atoms with Crippen LogP contribution in [0.4, 0.5) is 5.69 Å². The maximum atomic E-state index is 9.59. The number of carbonyl (C=O) groups excluding carboxylic acids is 1. The second-order valence-electron chi connectivity index (χ2n) is 7.35. The lowest BCUT2D eigenvalue weighted by atomic mass is 9.91. The van der Waals surface area contributed by atoms with Crippen molar-refractivity contribution in [1.29, 1.82) is 0 Å². The van der Waals surface area contributed by atoms with Gasteiger partial charge in [0.1, 0.15) is 0 Å². The Balaban J connectivity index is 0.000000575. The second-order valence-corrected chi connectivity index (χ2v) is 7.35. The Morgan fingerprint density at radius 2 is 1.83 bits per heavy atom. The van der Waals surface area contributed by atoms with Crippen molar-refractivity contribution in [2.75, 3.05) is 19.5 Å². The zero-order valence-corrected chi connectivity index (χ0v) is 18.3. The Morgan fingerprint density at radius 3 is 2.47 bits per heavy atom. The minimum atomic E-state index is -0.317. The van der Waals surface area contributed by atoms with Gasteiger partial charge in [-0.1, -0.05) is 48.3 Å². The van der Waals surface area contributed by atoms with Gasteiger partial charge in [0, 0.05) is 18.2 Å². The van der Waals surface area contributed by atoms with Gasteiger partial charge in [-0.3, -0.25) is 4.79 Å². The average Bonchev–Trinajstić information content (AvgIpc) is 2.73. The van der Waals surface area contributed by atoms with Crippen LogP contribution in [0.3, 0.4) is 0 Å². The van der Waals surface area contributed by atoms with Gasteiger partial charge in [-0.25, -0.2) is 0 Å². The maximum Gasteiger partial charge on any atom is 0.302 e. The molecule has 0 saturated heterocycles. The van der Waals surface area contributed by atoms with E-state index in [0.717, 1.165) is 17.7 Å². The van der Waals surface area contributed by atoms with Gasteiger partial charge in [-0.15, -0.1) is 0 Å². The molecule has 2 aromatic carbocycles. The van der Waals surface area contributed by atoms with Crippen LogP contribution >= 0.6 is 0 Å². The summed E-state index contributed by atoms with van der Waals surface area (Å²) in [5.41, 5.74) is 5.36. The van der Waals surface area contributed by atoms with Crippen molar-refractivity contribution in [3.63, 3.8) is 0 Å². The Labute approximate surface area is 179 Å². The van der Waals surface area contributed by atoms with Crippen molar-refractivity contribution in [2.45, 2.75) is 32.7 Å². The highest BCUT2D eigenvalue weighted by molar-refractivity contribution is 5.79. The molecule has 3 rings (SSSR count). The van der Waals surface area contributed by atoms with Gasteiger partial charge in [0.2, 0.25) is 0 Å². The van der Waals surface area contributed by atoms with Crippen molar-refractivity contribution in [1.82, 2.24) is 0 Å². The summed E-state index contributed by atoms with van der Waals surface area (Å²) < 4.78 is 9.33. The molecular formula is C26H29NO3. The molecule has 0 aromatic heterocycles. The summed E-state index contributed by atoms with van der Waals surface area (Å²) in [6.07, 6.45) is 7.02. The van der Waals surface area contributed by atoms with E-state index in [9.17, 15) is 4.79 Å². The maximum absolute atomic E-state index is 9.59. The first kappa shape index (κ1) is 22.8. The third-order valence-electron chi connectivity index (χ3n) is 4.33. The van der Waals surface area contributed by atoms with E-state index in [0.29, 0.717) is 0 Å². The summed E-state index contributed by atoms with van der Waals surface area (Å²) in [4.78, 5) is 9.59. The molecule has 4 nitrogen and oxygen atoms in total. The molecule has 0 atom stereocenters. The van der Waals surface area contributed by atoms with Crippen LogP contribution in [0, 0.1) is 11.8 Å². The minimum absolute atomic E-state index is 0.245. The highest BCUT2D eigenvalue weighted by Gasteiger charge is 2.14. The lowest BCUT2D eigenvalue weighted by molar-refractivity contribution is -0.137. The number of nitrogens with one attached hydrogen (secondary N) is 1. The molecule has 0 saturated carbocycles. The molecule has 1 aliphatic rings. The summed E-state index contributed by atoms with van der Waals surface area (Å²) in [5.74, 6) is 6.42. The molecule has 30 heavy (non-hydrogen) atoms. The van der Waals surface area contributed by atoms with Gasteiger partial charge in [-0.05, 0) is 61.2 Å². The topological polar surface area (TPSA) is 47.6 Å². The number of allylic oxidation sites excluding steroid dienone is 2. The van der Waals surface area contributed by atoms with Gasteiger partial charge in [0.15, 0.2) is 0 Å². The molecule has 156 valence electrons. The number of rotatable bonds is 3. The minimum Gasteiger partial charge on any atom is -0.504 e. The number of benzene rings is 2. The lowest BCUT2D eigenvalue weighted by Gasteiger charge is -2.21. The molecule has 0 radical (unpaired) electrons. The van der Waals surface area contributed by atoms with Crippen molar-refractivity contribution in [3.8, 4) is 11.8 Å². The van der Waals surface area contributed by atoms with Crippen molar-refractivity contribution >= 4 is 23.3 Å². The number of methoxy groups -OCH3 is 2. The van der Waals surface area contributed by atoms with Crippen molar-refractivity contribution in [3.05, 3.63) is 77.6 Å². The van der Waals surface area contributed by atoms with E-state index in [4.69, 9.17) is 4.74 Å². The number of anilines is 1. The number of carbonyl (C=O) groups is 1. The van der Waals surface area contributed by atoms with Gasteiger partial charge in [0.25, 0.3) is 0 Å². The predicted molar refractivity (Wildman–Crippen MR) is 124 cm³/mol. The molecule has 1 N–H and O–H groups in total. The number of ether oxygens (including phenoxy) is 2. The van der Waals surface area contributed by atoms with E-state index in [-0.39, 0.29) is 11.5 Å². The third-order valence-corrected chi connectivity index (χ3v) is 4.33. The molecule has 4 heteroatoms. The number of hydrogen-bond acceptors (Lipinski definition) is 4. The normalized spacial score (nSPS) is 13.2. The van der Waals surface area contributed by atoms with E-state index in [1.165, 1.54) is 30.7 Å². The molecule has 0 heterocycles. The first-order chi connectivity index (χ1) is 14.3. The van der Waals surface area contributed by atoms with Crippen molar-refractivity contribution in [2.24, 2.45) is 0 Å². The summed E-state index contributed by atoms with van der Waals surface area (Å²) >= 11 is 0. The fourth-order valence-electron chi connectivity index (χ4n) is 2.88. The number of esters is 1. The molecule has 0 fully saturated rings. The van der Waals surface area contributed by atoms with Crippen LogP contribution in [0.5, 0.6) is 0 Å². The summed E-state index contributed by atoms with van der Waals surface area (Å²) in [6.45, 7) is 5.54. The molecule has 2 aromatic rings. The first-order valence-electron chi connectivity index (χ1n) is 9.78. The van der Waals surface area contributed by atoms with Crippen LogP contribution in [0.2, 0.25) is 0 Å². The van der Waals surface area contributed by atoms with Crippen LogP contribution in [0.15, 0.2) is 60.9 Å². The van der Waals surface area contributed by atoms with E-state index in [2.05, 4.69) is 78.2 Å². The Bertz CT molecular complexity index is 976. The molecule has 0 aliphatic heterocycles. The van der Waals surface area contributed by atoms with Crippen LogP contribution in [-0.2, 0) is 14.3 Å². The smallest absolute Gasteiger partial charge is 0.302 e. The lowest BCUT2D eigenvalue weighted by Crippen LogP contribution is -2.28. The SMILES string of the molecule is COC(C)=O.COC=C1CC=Cc2ccc(C#CC(C)(C)Nc3ccccc3)cc21. The van der Waals surface area contributed by atoms with Gasteiger partial charge >= 0.3 is 5.97 Å². The van der Waals surface area contributed by atoms with Gasteiger partial charge in [0.05, 0.1) is 26.0 Å². The van der Waals surface area contributed by atoms with E-state index in [1.54, 1.807) is 7.11 Å². The van der Waals surface area contributed by atoms with E-state index < -0.39 is 0 Å². The molecule has 1 aliphatic carbocycles. The Hall–Kier alpha value is -3.45. The highest BCUT2D eigenvalue weighted by Crippen LogP contribution is 2.29. The second kappa shape index (κ2) is 10.9. The fourth-order valence-corrected chi connectivity index (χ4v) is 2.88. The highest BCUT2D eigenvalue weighted by atomic mass is 16.5. The fraction of sp³-hybridized carbons (Fsp3) is 0.269. The molecule has 0 spiro atoms. The summed E-state index contributed by atoms with van der Waals surface area (Å²) in [6, 6.07) is 16.5. The predicted octanol–water partition coefficient (Wildman–Crippen LogP) is 5.51. The van der Waals surface area contributed by atoms with Crippen LogP contribution in [0.25, 0.3) is 11.6 Å². The standard InChI is InChI=1S/C23H23NO.C3H6O2/c1-23(2,24-21-10-5-4-6-11-21)15-14-18-12-13-19-8-7-9-20(17-25-3)22(19)16-18;1-3(4)5-2/h4-8,10-13,16-17,24H,9H2,1-3H3;1-2H3. The Morgan fingerprint density at radius 1 is 1.13 bits per heavy atom. The molecule has 0 unspecified atom stereocenters. The number of hydrogen-bond donors (Lipinski definition) is 1. The monoisotopic (exact) mass is 403 g/mol. The Kier molecular flexibility index (Phi) is 8.31. The third kappa shape index (κ3) is 7.18. The quantitative estimate of drug-likeness (QED) is 0.417. The van der Waals surface area contributed by atoms with Crippen LogP contribution in [0.1, 0.15) is 43.9 Å². The van der Waals surface area contributed by atoms with Crippen LogP contribution < -0.4 is 5.32 Å². The zero-order chi connectivity index (χ0) is 22.0. The van der Waals surface area contributed by atoms with Gasteiger partial charge < -0.3 is 14.8 Å². The largest absolute Gasteiger partial charge is 0.504 e. The van der Waals surface area contributed by atoms with Gasteiger partial charge in [-0.2, -0.15) is 0 Å². The summed E-state index contributed by atoms with van der Waals surface area (Å²) in [5, 5.41) is 3.46. The number of fused-ring (bicyclic) bond motifs is 1. The summed E-state index contributed by atoms with van der Waals surface area (Å²) in [7, 11) is 3.04. The molecular weight excluding hydrogens is 374 g/mol. The van der Waals surface area contributed by atoms with Crippen molar-refractivity contribution < 1.29 is 14.3 Å². The molecule has 0 bridgehead atoms. The van der Waals surface area contributed by atoms with E-state index >= 15 is 0 Å². The average molecular weight is 404 g/mol. The zero-order valence-electron chi connectivity index (χ0n) is 18.3. The first-order valence-corrected chi connectivity index (χ1v) is 9.78. The van der Waals surface area contributed by atoms with Crippen LogP contribution in [-0.4, -0.2) is 25.7 Å². The number of para-hydroxylation sites is 1. The van der Waals surface area contributed by atoms with E-state index in [1.807, 2.05) is 24.5 Å².